The van der Waals surface area contributed by atoms with Gasteiger partial charge < -0.3 is 5.11 Å². The van der Waals surface area contributed by atoms with Crippen LogP contribution in [-0.2, 0) is 0 Å². The zero-order valence-electron chi connectivity index (χ0n) is 20.9. The second-order valence-corrected chi connectivity index (χ2v) is 12.9. The number of allylic oxidation sites excluding steroid dienone is 1. The fraction of sp³-hybridized carbons (Fsp3) is 0.931. The Morgan fingerprint density at radius 2 is 1.77 bits per heavy atom. The Morgan fingerprint density at radius 1 is 1.00 bits per heavy atom. The van der Waals surface area contributed by atoms with Gasteiger partial charge in [-0.05, 0) is 110 Å². The van der Waals surface area contributed by atoms with Crippen molar-refractivity contribution in [1.82, 2.24) is 0 Å². The van der Waals surface area contributed by atoms with Gasteiger partial charge in [-0.2, -0.15) is 0 Å². The first-order valence-electron chi connectivity index (χ1n) is 13.6. The minimum atomic E-state index is -0.0794. The van der Waals surface area contributed by atoms with Crippen LogP contribution >= 0.6 is 0 Å². The van der Waals surface area contributed by atoms with E-state index < -0.39 is 0 Å². The highest BCUT2D eigenvalue weighted by atomic mass is 16.3. The molecule has 0 aromatic heterocycles. The van der Waals surface area contributed by atoms with Crippen LogP contribution in [0, 0.1) is 52.3 Å². The molecule has 0 spiro atoms. The Hall–Kier alpha value is -0.300. The van der Waals surface area contributed by atoms with Crippen LogP contribution < -0.4 is 0 Å². The predicted molar refractivity (Wildman–Crippen MR) is 128 cm³/mol. The third-order valence-electron chi connectivity index (χ3n) is 11.3. The predicted octanol–water partition coefficient (Wildman–Crippen LogP) is 8.02. The van der Waals surface area contributed by atoms with Gasteiger partial charge in [-0.1, -0.05) is 66.0 Å². The van der Waals surface area contributed by atoms with E-state index >= 15 is 0 Å². The SMILES string of the molecule is CC[C@@H](CC[C@@H](C)[C@H]1CC[C@H]2[C@@H]3CC=C4CC(O)CC[C@]4(C)[C@H]3CC[C@]12C)C(C)C. The lowest BCUT2D eigenvalue weighted by atomic mass is 9.47. The first-order chi connectivity index (χ1) is 14.2. The van der Waals surface area contributed by atoms with Crippen molar-refractivity contribution in [3.63, 3.8) is 0 Å². The minimum Gasteiger partial charge on any atom is -0.393 e. The van der Waals surface area contributed by atoms with Crippen LogP contribution in [0.1, 0.15) is 112 Å². The van der Waals surface area contributed by atoms with Gasteiger partial charge in [0.2, 0.25) is 0 Å². The number of aliphatic hydroxyl groups excluding tert-OH is 1. The van der Waals surface area contributed by atoms with Gasteiger partial charge in [-0.25, -0.2) is 0 Å². The molecule has 30 heavy (non-hydrogen) atoms. The molecule has 1 unspecified atom stereocenters. The molecule has 0 bridgehead atoms. The molecule has 1 heteroatoms. The Labute approximate surface area is 187 Å². The van der Waals surface area contributed by atoms with Crippen molar-refractivity contribution in [2.24, 2.45) is 52.3 Å². The van der Waals surface area contributed by atoms with Crippen LogP contribution in [0.25, 0.3) is 0 Å². The van der Waals surface area contributed by atoms with Crippen molar-refractivity contribution >= 4 is 0 Å². The number of hydrogen-bond acceptors (Lipinski definition) is 1. The summed E-state index contributed by atoms with van der Waals surface area (Å²) in [5.41, 5.74) is 2.59. The van der Waals surface area contributed by atoms with Gasteiger partial charge in [0.15, 0.2) is 0 Å². The molecule has 0 amide bonds. The molecule has 172 valence electrons. The summed E-state index contributed by atoms with van der Waals surface area (Å²) in [6.45, 7) is 15.1. The smallest absolute Gasteiger partial charge is 0.0577 e. The van der Waals surface area contributed by atoms with E-state index in [4.69, 9.17) is 0 Å². The quantitative estimate of drug-likeness (QED) is 0.436. The summed E-state index contributed by atoms with van der Waals surface area (Å²) in [5, 5.41) is 10.2. The van der Waals surface area contributed by atoms with E-state index in [-0.39, 0.29) is 6.10 Å². The van der Waals surface area contributed by atoms with E-state index in [2.05, 4.69) is 47.6 Å². The molecule has 0 radical (unpaired) electrons. The highest BCUT2D eigenvalue weighted by Crippen LogP contribution is 2.67. The summed E-state index contributed by atoms with van der Waals surface area (Å²) in [5.74, 6) is 6.31. The summed E-state index contributed by atoms with van der Waals surface area (Å²) < 4.78 is 0. The monoisotopic (exact) mass is 414 g/mol. The number of fused-ring (bicyclic) bond motifs is 5. The van der Waals surface area contributed by atoms with Gasteiger partial charge in [0, 0.05) is 0 Å². The summed E-state index contributed by atoms with van der Waals surface area (Å²) >= 11 is 0. The lowest BCUT2D eigenvalue weighted by Crippen LogP contribution is -2.50. The zero-order chi connectivity index (χ0) is 21.7. The molecule has 0 saturated heterocycles. The average Bonchev–Trinajstić information content (AvgIpc) is 3.06. The lowest BCUT2D eigenvalue weighted by Gasteiger charge is -2.58. The van der Waals surface area contributed by atoms with Crippen LogP contribution in [0.4, 0.5) is 0 Å². The summed E-state index contributed by atoms with van der Waals surface area (Å²) in [6.07, 6.45) is 17.1. The molecule has 4 rings (SSSR count). The van der Waals surface area contributed by atoms with Gasteiger partial charge in [-0.3, -0.25) is 0 Å². The van der Waals surface area contributed by atoms with E-state index in [0.717, 1.165) is 54.3 Å². The summed E-state index contributed by atoms with van der Waals surface area (Å²) in [4.78, 5) is 0. The van der Waals surface area contributed by atoms with Crippen LogP contribution in [0.3, 0.4) is 0 Å². The molecule has 1 nitrogen and oxygen atoms in total. The summed E-state index contributed by atoms with van der Waals surface area (Å²) in [6, 6.07) is 0. The van der Waals surface area contributed by atoms with Crippen LogP contribution in [0.5, 0.6) is 0 Å². The number of aliphatic hydroxyl groups is 1. The molecule has 3 fully saturated rings. The van der Waals surface area contributed by atoms with E-state index in [1.165, 1.54) is 57.8 Å². The standard InChI is InChI=1S/C29H50O/c1-7-21(19(2)3)9-8-20(4)25-12-13-26-24-11-10-22-18-23(30)14-16-28(22,5)27(24)15-17-29(25,26)6/h10,19-21,23-27,30H,7-9,11-18H2,1-6H3/t20-,21+,23?,24+,25-,26+,27+,28+,29-/m1/s1. The first kappa shape index (κ1) is 22.9. The number of hydrogen-bond donors (Lipinski definition) is 1. The van der Waals surface area contributed by atoms with Gasteiger partial charge >= 0.3 is 0 Å². The normalized spacial score (nSPS) is 45.3. The molecule has 3 saturated carbocycles. The van der Waals surface area contributed by atoms with Gasteiger partial charge in [0.1, 0.15) is 0 Å². The van der Waals surface area contributed by atoms with E-state index in [0.29, 0.717) is 10.8 Å². The van der Waals surface area contributed by atoms with E-state index in [1.807, 2.05) is 0 Å². The Bertz CT molecular complexity index is 634. The zero-order valence-corrected chi connectivity index (χ0v) is 20.9. The molecule has 0 heterocycles. The third kappa shape index (κ3) is 3.74. The third-order valence-corrected chi connectivity index (χ3v) is 11.3. The topological polar surface area (TPSA) is 20.2 Å². The Balaban J connectivity index is 1.47. The van der Waals surface area contributed by atoms with Crippen molar-refractivity contribution < 1.29 is 5.11 Å². The molecular weight excluding hydrogens is 364 g/mol. The molecule has 9 atom stereocenters. The second kappa shape index (κ2) is 8.57. The van der Waals surface area contributed by atoms with E-state index in [9.17, 15) is 5.11 Å². The van der Waals surface area contributed by atoms with Gasteiger partial charge in [0.05, 0.1) is 6.10 Å². The fourth-order valence-electron chi connectivity index (χ4n) is 9.30. The van der Waals surface area contributed by atoms with Gasteiger partial charge in [-0.15, -0.1) is 0 Å². The van der Waals surface area contributed by atoms with Crippen molar-refractivity contribution in [1.29, 1.82) is 0 Å². The molecule has 4 aliphatic carbocycles. The molecular formula is C29H50O. The van der Waals surface area contributed by atoms with Crippen molar-refractivity contribution in [3.8, 4) is 0 Å². The Kier molecular flexibility index (Phi) is 6.53. The maximum absolute atomic E-state index is 10.2. The Morgan fingerprint density at radius 3 is 2.47 bits per heavy atom. The molecule has 0 aromatic carbocycles. The van der Waals surface area contributed by atoms with Crippen LogP contribution in [-0.4, -0.2) is 11.2 Å². The minimum absolute atomic E-state index is 0.0794. The fourth-order valence-corrected chi connectivity index (χ4v) is 9.30. The maximum Gasteiger partial charge on any atom is 0.0577 e. The highest BCUT2D eigenvalue weighted by Gasteiger charge is 2.59. The molecule has 0 aliphatic heterocycles. The maximum atomic E-state index is 10.2. The van der Waals surface area contributed by atoms with Crippen molar-refractivity contribution in [3.05, 3.63) is 11.6 Å². The molecule has 1 N–H and O–H groups in total. The lowest BCUT2D eigenvalue weighted by molar-refractivity contribution is -0.0575. The van der Waals surface area contributed by atoms with Crippen LogP contribution in [0.2, 0.25) is 0 Å². The second-order valence-electron chi connectivity index (χ2n) is 12.9. The average molecular weight is 415 g/mol. The summed E-state index contributed by atoms with van der Waals surface area (Å²) in [7, 11) is 0. The highest BCUT2D eigenvalue weighted by molar-refractivity contribution is 5.25. The van der Waals surface area contributed by atoms with Crippen LogP contribution in [0.15, 0.2) is 11.6 Å². The number of rotatable bonds is 6. The molecule has 0 aromatic rings. The first-order valence-corrected chi connectivity index (χ1v) is 13.6. The largest absolute Gasteiger partial charge is 0.393 e. The van der Waals surface area contributed by atoms with Crippen molar-refractivity contribution in [2.45, 2.75) is 118 Å². The van der Waals surface area contributed by atoms with Crippen molar-refractivity contribution in [2.75, 3.05) is 0 Å². The molecule has 4 aliphatic rings. The van der Waals surface area contributed by atoms with Gasteiger partial charge in [0.25, 0.3) is 0 Å². The van der Waals surface area contributed by atoms with E-state index in [1.54, 1.807) is 5.57 Å².